The van der Waals surface area contributed by atoms with E-state index in [0.717, 1.165) is 52.4 Å². The highest BCUT2D eigenvalue weighted by molar-refractivity contribution is 5.92. The molecule has 0 atom stereocenters. The van der Waals surface area contributed by atoms with Gasteiger partial charge in [-0.1, -0.05) is 58.0 Å². The van der Waals surface area contributed by atoms with E-state index < -0.39 is 0 Å². The second-order valence-corrected chi connectivity index (χ2v) is 9.34. The lowest BCUT2D eigenvalue weighted by atomic mass is 9.97. The summed E-state index contributed by atoms with van der Waals surface area (Å²) in [6.07, 6.45) is 1.93. The molecule has 1 aromatic heterocycles. The molecule has 0 saturated heterocycles. The van der Waals surface area contributed by atoms with Crippen LogP contribution in [0.4, 0.5) is 5.69 Å². The molecule has 0 aliphatic rings. The molecule has 0 spiro atoms. The third-order valence-corrected chi connectivity index (χ3v) is 6.63. The predicted octanol–water partition coefficient (Wildman–Crippen LogP) is 7.18. The van der Waals surface area contributed by atoms with E-state index in [0.29, 0.717) is 12.5 Å². The maximum Gasteiger partial charge on any atom is 0.223 e. The Labute approximate surface area is 205 Å². The van der Waals surface area contributed by atoms with Crippen LogP contribution in [0, 0.1) is 13.8 Å². The average Bonchev–Trinajstić information content (AvgIpc) is 2.82. The first-order chi connectivity index (χ1) is 16.2. The first-order valence-corrected chi connectivity index (χ1v) is 12.3. The van der Waals surface area contributed by atoms with Gasteiger partial charge in [-0.2, -0.15) is 0 Å². The highest BCUT2D eigenvalue weighted by atomic mass is 16.5. The lowest BCUT2D eigenvalue weighted by molar-refractivity contribution is -0.116. The zero-order valence-electron chi connectivity index (χ0n) is 22.0. The summed E-state index contributed by atoms with van der Waals surface area (Å²) in [5, 5.41) is 0. The number of nitrogens with zero attached hydrogens (tertiary/aromatic N) is 2. The van der Waals surface area contributed by atoms with Gasteiger partial charge in [0.1, 0.15) is 12.4 Å². The van der Waals surface area contributed by atoms with Gasteiger partial charge in [0.2, 0.25) is 5.91 Å². The summed E-state index contributed by atoms with van der Waals surface area (Å²) in [6, 6.07) is 15.0. The lowest BCUT2D eigenvalue weighted by Gasteiger charge is -2.23. The number of hydrogen-bond acceptors (Lipinski definition) is 3. The number of pyridine rings is 1. The third-order valence-electron chi connectivity index (χ3n) is 6.63. The standard InChI is InChI=1S/C30H38N2O2/c1-9-23-12-14-26(24(10-2)15-23)28-17-29(32(8)22(7)33)27(21(6)31-28)18-34-30-16-25(19(3)4)13-11-20(30)5/h11-17,19H,9-10,18H2,1-8H3. The molecule has 0 aliphatic heterocycles. The van der Waals surface area contributed by atoms with Crippen molar-refractivity contribution < 1.29 is 9.53 Å². The summed E-state index contributed by atoms with van der Waals surface area (Å²) in [6.45, 7) is 14.7. The number of hydrogen-bond donors (Lipinski definition) is 0. The molecule has 0 aliphatic carbocycles. The van der Waals surface area contributed by atoms with Crippen LogP contribution in [0.1, 0.15) is 74.0 Å². The largest absolute Gasteiger partial charge is 0.488 e. The molecular formula is C30H38N2O2. The molecule has 0 saturated carbocycles. The van der Waals surface area contributed by atoms with Gasteiger partial charge < -0.3 is 9.64 Å². The predicted molar refractivity (Wildman–Crippen MR) is 142 cm³/mol. The first kappa shape index (κ1) is 25.5. The second-order valence-electron chi connectivity index (χ2n) is 9.34. The van der Waals surface area contributed by atoms with Crippen LogP contribution in [0.2, 0.25) is 0 Å². The normalized spacial score (nSPS) is 11.1. The fourth-order valence-corrected chi connectivity index (χ4v) is 4.16. The number of carbonyl (C=O) groups is 1. The summed E-state index contributed by atoms with van der Waals surface area (Å²) in [5.41, 5.74) is 9.59. The minimum Gasteiger partial charge on any atom is -0.488 e. The Kier molecular flexibility index (Phi) is 8.14. The highest BCUT2D eigenvalue weighted by Crippen LogP contribution is 2.33. The Balaban J connectivity index is 2.05. The van der Waals surface area contributed by atoms with Crippen LogP contribution >= 0.6 is 0 Å². The van der Waals surface area contributed by atoms with E-state index in [9.17, 15) is 4.79 Å². The Morgan fingerprint density at radius 1 is 1.03 bits per heavy atom. The van der Waals surface area contributed by atoms with E-state index in [4.69, 9.17) is 9.72 Å². The Bertz CT molecular complexity index is 1180. The SMILES string of the molecule is CCc1ccc(-c2cc(N(C)C(C)=O)c(COc3cc(C(C)C)ccc3C)c(C)n2)c(CC)c1. The summed E-state index contributed by atoms with van der Waals surface area (Å²) >= 11 is 0. The Morgan fingerprint density at radius 2 is 1.76 bits per heavy atom. The monoisotopic (exact) mass is 458 g/mol. The maximum atomic E-state index is 12.4. The van der Waals surface area contributed by atoms with E-state index >= 15 is 0 Å². The number of rotatable bonds is 8. The summed E-state index contributed by atoms with van der Waals surface area (Å²) in [7, 11) is 1.82. The van der Waals surface area contributed by atoms with Crippen molar-refractivity contribution in [1.29, 1.82) is 0 Å². The quantitative estimate of drug-likeness (QED) is 0.359. The van der Waals surface area contributed by atoms with Crippen molar-refractivity contribution in [1.82, 2.24) is 4.98 Å². The molecule has 4 nitrogen and oxygen atoms in total. The van der Waals surface area contributed by atoms with E-state index in [2.05, 4.69) is 71.0 Å². The number of anilines is 1. The molecular weight excluding hydrogens is 420 g/mol. The van der Waals surface area contributed by atoms with Crippen molar-refractivity contribution in [2.24, 2.45) is 0 Å². The van der Waals surface area contributed by atoms with Crippen molar-refractivity contribution >= 4 is 11.6 Å². The van der Waals surface area contributed by atoms with Gasteiger partial charge in [-0.05, 0) is 67.0 Å². The number of carbonyl (C=O) groups excluding carboxylic acids is 1. The summed E-state index contributed by atoms with van der Waals surface area (Å²) < 4.78 is 6.31. The summed E-state index contributed by atoms with van der Waals surface area (Å²) in [5.74, 6) is 1.28. The number of aryl methyl sites for hydroxylation is 4. The van der Waals surface area contributed by atoms with Gasteiger partial charge >= 0.3 is 0 Å². The third kappa shape index (κ3) is 5.49. The molecule has 1 amide bonds. The molecule has 0 fully saturated rings. The van der Waals surface area contributed by atoms with Crippen molar-refractivity contribution in [3.63, 3.8) is 0 Å². The molecule has 1 heterocycles. The van der Waals surface area contributed by atoms with Crippen LogP contribution in [0.15, 0.2) is 42.5 Å². The van der Waals surface area contributed by atoms with Crippen molar-refractivity contribution in [2.45, 2.75) is 73.8 Å². The van der Waals surface area contributed by atoms with E-state index in [-0.39, 0.29) is 5.91 Å². The Morgan fingerprint density at radius 3 is 2.38 bits per heavy atom. The van der Waals surface area contributed by atoms with Crippen LogP contribution in [0.25, 0.3) is 11.3 Å². The van der Waals surface area contributed by atoms with Gasteiger partial charge in [-0.3, -0.25) is 9.78 Å². The Hall–Kier alpha value is -3.14. The first-order valence-electron chi connectivity index (χ1n) is 12.3. The fourth-order valence-electron chi connectivity index (χ4n) is 4.16. The van der Waals surface area contributed by atoms with Gasteiger partial charge in [0, 0.05) is 30.8 Å². The van der Waals surface area contributed by atoms with Crippen LogP contribution in [0.3, 0.4) is 0 Å². The van der Waals surface area contributed by atoms with Gasteiger partial charge in [-0.15, -0.1) is 0 Å². The minimum atomic E-state index is -0.0205. The van der Waals surface area contributed by atoms with E-state index in [1.165, 1.54) is 16.7 Å². The molecule has 4 heteroatoms. The van der Waals surface area contributed by atoms with Crippen molar-refractivity contribution in [3.05, 3.63) is 76.0 Å². The van der Waals surface area contributed by atoms with Crippen LogP contribution in [-0.4, -0.2) is 17.9 Å². The molecule has 34 heavy (non-hydrogen) atoms. The topological polar surface area (TPSA) is 42.4 Å². The number of benzene rings is 2. The van der Waals surface area contributed by atoms with E-state index in [1.807, 2.05) is 20.0 Å². The van der Waals surface area contributed by atoms with Crippen LogP contribution in [0.5, 0.6) is 5.75 Å². The van der Waals surface area contributed by atoms with Gasteiger partial charge in [0.05, 0.1) is 11.4 Å². The van der Waals surface area contributed by atoms with Gasteiger partial charge in [-0.25, -0.2) is 0 Å². The molecule has 0 N–H and O–H groups in total. The molecule has 3 rings (SSSR count). The number of aromatic nitrogens is 1. The maximum absolute atomic E-state index is 12.4. The van der Waals surface area contributed by atoms with Crippen LogP contribution in [-0.2, 0) is 24.2 Å². The lowest BCUT2D eigenvalue weighted by Crippen LogP contribution is -2.25. The highest BCUT2D eigenvalue weighted by Gasteiger charge is 2.19. The van der Waals surface area contributed by atoms with Crippen molar-refractivity contribution in [3.8, 4) is 17.0 Å². The molecule has 0 bridgehead atoms. The zero-order chi connectivity index (χ0) is 25.0. The molecule has 0 radical (unpaired) electrons. The van der Waals surface area contributed by atoms with Gasteiger partial charge in [0.15, 0.2) is 0 Å². The summed E-state index contributed by atoms with van der Waals surface area (Å²) in [4.78, 5) is 19.0. The fraction of sp³-hybridized carbons (Fsp3) is 0.400. The van der Waals surface area contributed by atoms with Crippen molar-refractivity contribution in [2.75, 3.05) is 11.9 Å². The van der Waals surface area contributed by atoms with Crippen LogP contribution < -0.4 is 9.64 Å². The minimum absolute atomic E-state index is 0.0205. The number of ether oxygens (including phenoxy) is 1. The van der Waals surface area contributed by atoms with E-state index in [1.54, 1.807) is 11.8 Å². The zero-order valence-corrected chi connectivity index (χ0v) is 22.0. The number of amides is 1. The smallest absolute Gasteiger partial charge is 0.223 e. The second kappa shape index (κ2) is 10.9. The molecule has 0 unspecified atom stereocenters. The molecule has 2 aromatic carbocycles. The average molecular weight is 459 g/mol. The van der Waals surface area contributed by atoms with Gasteiger partial charge in [0.25, 0.3) is 0 Å². The molecule has 180 valence electrons. The molecule has 3 aromatic rings.